The highest BCUT2D eigenvalue weighted by Gasteiger charge is 2.30. The van der Waals surface area contributed by atoms with Gasteiger partial charge in [0.15, 0.2) is 6.10 Å². The number of H-pyrrole nitrogens is 1. The summed E-state index contributed by atoms with van der Waals surface area (Å²) in [7, 11) is 0. The van der Waals surface area contributed by atoms with Crippen LogP contribution in [0.5, 0.6) is 5.75 Å². The van der Waals surface area contributed by atoms with Crippen molar-refractivity contribution in [2.75, 3.05) is 0 Å². The number of nitrogens with one attached hydrogen (secondary N) is 1. The second kappa shape index (κ2) is 4.20. The molecule has 0 saturated heterocycles. The van der Waals surface area contributed by atoms with E-state index in [0.29, 0.717) is 12.0 Å². The fourth-order valence-electron chi connectivity index (χ4n) is 2.66. The summed E-state index contributed by atoms with van der Waals surface area (Å²) < 4.78 is 5.76. The number of benzene rings is 1. The number of rotatable bonds is 2. The van der Waals surface area contributed by atoms with Gasteiger partial charge in [0.2, 0.25) is 5.78 Å². The molecule has 0 aliphatic carbocycles. The SMILES string of the molecule is O=C(c1c[nH]c2ncccc12)C1Cc2ccccc2O1. The number of carbonyl (C=O) groups is 1. The molecule has 20 heavy (non-hydrogen) atoms. The second-order valence-electron chi connectivity index (χ2n) is 4.88. The van der Waals surface area contributed by atoms with E-state index in [1.54, 1.807) is 12.4 Å². The molecule has 1 unspecified atom stereocenters. The van der Waals surface area contributed by atoms with E-state index in [-0.39, 0.29) is 5.78 Å². The van der Waals surface area contributed by atoms with E-state index in [0.717, 1.165) is 22.3 Å². The first-order valence-corrected chi connectivity index (χ1v) is 6.54. The predicted octanol–water partition coefficient (Wildman–Crippen LogP) is 2.75. The van der Waals surface area contributed by atoms with Gasteiger partial charge in [-0.15, -0.1) is 0 Å². The number of ether oxygens (including phenoxy) is 1. The average Bonchev–Trinajstić information content (AvgIpc) is 3.10. The summed E-state index contributed by atoms with van der Waals surface area (Å²) in [6.45, 7) is 0. The Balaban J connectivity index is 1.69. The lowest BCUT2D eigenvalue weighted by Gasteiger charge is -2.08. The van der Waals surface area contributed by atoms with Crippen molar-refractivity contribution in [3.05, 3.63) is 59.9 Å². The van der Waals surface area contributed by atoms with E-state index >= 15 is 0 Å². The minimum Gasteiger partial charge on any atom is -0.482 e. The van der Waals surface area contributed by atoms with Crippen molar-refractivity contribution in [2.45, 2.75) is 12.5 Å². The number of aromatic amines is 1. The molecule has 1 aromatic carbocycles. The largest absolute Gasteiger partial charge is 0.482 e. The number of nitrogens with zero attached hydrogens (tertiary/aromatic N) is 1. The molecule has 2 aromatic heterocycles. The van der Waals surface area contributed by atoms with Crippen molar-refractivity contribution in [3.63, 3.8) is 0 Å². The summed E-state index contributed by atoms with van der Waals surface area (Å²) in [5, 5.41) is 0.844. The van der Waals surface area contributed by atoms with E-state index in [1.807, 2.05) is 36.4 Å². The number of carbonyl (C=O) groups excluding carboxylic acids is 1. The first kappa shape index (κ1) is 11.2. The minimum atomic E-state index is -0.438. The molecule has 0 spiro atoms. The van der Waals surface area contributed by atoms with Crippen molar-refractivity contribution in [1.29, 1.82) is 0 Å². The van der Waals surface area contributed by atoms with E-state index in [2.05, 4.69) is 9.97 Å². The molecule has 1 aliphatic rings. The van der Waals surface area contributed by atoms with Crippen LogP contribution in [0.3, 0.4) is 0 Å². The van der Waals surface area contributed by atoms with Gasteiger partial charge in [0.05, 0.1) is 0 Å². The maximum atomic E-state index is 12.6. The van der Waals surface area contributed by atoms with Crippen molar-refractivity contribution < 1.29 is 9.53 Å². The minimum absolute atomic E-state index is 0.000417. The van der Waals surface area contributed by atoms with Crippen LogP contribution in [0.25, 0.3) is 11.0 Å². The van der Waals surface area contributed by atoms with Crippen molar-refractivity contribution in [3.8, 4) is 5.75 Å². The maximum Gasteiger partial charge on any atom is 0.205 e. The fraction of sp³-hybridized carbons (Fsp3) is 0.125. The van der Waals surface area contributed by atoms with Gasteiger partial charge >= 0.3 is 0 Å². The lowest BCUT2D eigenvalue weighted by Crippen LogP contribution is -2.25. The standard InChI is InChI=1S/C16H12N2O2/c19-15(12-9-18-16-11(12)5-3-7-17-16)14-8-10-4-1-2-6-13(10)20-14/h1-7,9,14H,8H2,(H,17,18). The van der Waals surface area contributed by atoms with Crippen LogP contribution >= 0.6 is 0 Å². The molecule has 1 atom stereocenters. The number of para-hydroxylation sites is 1. The molecular formula is C16H12N2O2. The van der Waals surface area contributed by atoms with E-state index in [9.17, 15) is 4.79 Å². The Labute approximate surface area is 115 Å². The Morgan fingerprint density at radius 1 is 1.25 bits per heavy atom. The van der Waals surface area contributed by atoms with Crippen LogP contribution in [-0.2, 0) is 6.42 Å². The first-order chi connectivity index (χ1) is 9.83. The van der Waals surface area contributed by atoms with E-state index in [4.69, 9.17) is 4.74 Å². The summed E-state index contributed by atoms with van der Waals surface area (Å²) in [6, 6.07) is 11.5. The van der Waals surface area contributed by atoms with Gasteiger partial charge in [0.1, 0.15) is 11.4 Å². The molecule has 4 rings (SSSR count). The maximum absolute atomic E-state index is 12.6. The average molecular weight is 264 g/mol. The Hall–Kier alpha value is -2.62. The van der Waals surface area contributed by atoms with Crippen molar-refractivity contribution in [2.24, 2.45) is 0 Å². The third kappa shape index (κ3) is 1.61. The fourth-order valence-corrected chi connectivity index (χ4v) is 2.66. The topological polar surface area (TPSA) is 55.0 Å². The lowest BCUT2D eigenvalue weighted by molar-refractivity contribution is 0.0826. The summed E-state index contributed by atoms with van der Waals surface area (Å²) in [6.07, 6.45) is 3.61. The highest BCUT2D eigenvalue weighted by Crippen LogP contribution is 2.30. The number of hydrogen-bond acceptors (Lipinski definition) is 3. The highest BCUT2D eigenvalue weighted by atomic mass is 16.5. The Morgan fingerprint density at radius 2 is 2.15 bits per heavy atom. The van der Waals surface area contributed by atoms with Gasteiger partial charge in [-0.05, 0) is 23.8 Å². The summed E-state index contributed by atoms with van der Waals surface area (Å²) in [5.41, 5.74) is 2.46. The molecule has 0 amide bonds. The van der Waals surface area contributed by atoms with Crippen molar-refractivity contribution >= 4 is 16.8 Å². The van der Waals surface area contributed by atoms with Gasteiger partial charge in [-0.1, -0.05) is 18.2 Å². The zero-order valence-corrected chi connectivity index (χ0v) is 10.7. The Bertz CT molecular complexity index is 782. The molecule has 3 heterocycles. The summed E-state index contributed by atoms with van der Waals surface area (Å²) in [4.78, 5) is 19.8. The molecule has 1 aliphatic heterocycles. The van der Waals surface area contributed by atoms with Gasteiger partial charge < -0.3 is 9.72 Å². The molecule has 0 radical (unpaired) electrons. The monoisotopic (exact) mass is 264 g/mol. The zero-order chi connectivity index (χ0) is 13.5. The number of aromatic nitrogens is 2. The molecule has 0 bridgehead atoms. The van der Waals surface area contributed by atoms with Crippen LogP contribution in [0.1, 0.15) is 15.9 Å². The van der Waals surface area contributed by atoms with E-state index in [1.165, 1.54) is 0 Å². The van der Waals surface area contributed by atoms with Crippen LogP contribution < -0.4 is 4.74 Å². The van der Waals surface area contributed by atoms with Crippen LogP contribution in [0.2, 0.25) is 0 Å². The van der Waals surface area contributed by atoms with Crippen LogP contribution in [0.4, 0.5) is 0 Å². The summed E-state index contributed by atoms with van der Waals surface area (Å²) in [5.74, 6) is 0.810. The number of hydrogen-bond donors (Lipinski definition) is 1. The van der Waals surface area contributed by atoms with Gasteiger partial charge in [-0.25, -0.2) is 4.98 Å². The highest BCUT2D eigenvalue weighted by molar-refractivity contribution is 6.09. The number of fused-ring (bicyclic) bond motifs is 2. The second-order valence-corrected chi connectivity index (χ2v) is 4.88. The zero-order valence-electron chi connectivity index (χ0n) is 10.7. The smallest absolute Gasteiger partial charge is 0.205 e. The Kier molecular flexibility index (Phi) is 2.36. The van der Waals surface area contributed by atoms with Crippen molar-refractivity contribution in [1.82, 2.24) is 9.97 Å². The quantitative estimate of drug-likeness (QED) is 0.724. The molecule has 98 valence electrons. The molecule has 1 N–H and O–H groups in total. The van der Waals surface area contributed by atoms with Gasteiger partial charge in [-0.3, -0.25) is 4.79 Å². The van der Waals surface area contributed by atoms with E-state index < -0.39 is 6.10 Å². The number of Topliss-reactive ketones (excluding diaryl/α,β-unsaturated/α-hetero) is 1. The van der Waals surface area contributed by atoms with Crippen LogP contribution in [0, 0.1) is 0 Å². The molecule has 0 fully saturated rings. The number of ketones is 1. The van der Waals surface area contributed by atoms with Gasteiger partial charge in [0.25, 0.3) is 0 Å². The summed E-state index contributed by atoms with van der Waals surface area (Å²) >= 11 is 0. The Morgan fingerprint density at radius 3 is 3.05 bits per heavy atom. The first-order valence-electron chi connectivity index (χ1n) is 6.54. The molecule has 4 nitrogen and oxygen atoms in total. The molecule has 4 heteroatoms. The molecule has 0 saturated carbocycles. The van der Waals surface area contributed by atoms with Crippen LogP contribution in [-0.4, -0.2) is 21.9 Å². The van der Waals surface area contributed by atoms with Gasteiger partial charge in [0, 0.05) is 29.8 Å². The third-order valence-electron chi connectivity index (χ3n) is 3.66. The predicted molar refractivity (Wildman–Crippen MR) is 75.0 cm³/mol. The third-order valence-corrected chi connectivity index (χ3v) is 3.66. The van der Waals surface area contributed by atoms with Crippen LogP contribution in [0.15, 0.2) is 48.8 Å². The number of pyridine rings is 1. The normalized spacial score (nSPS) is 16.9. The molecular weight excluding hydrogens is 252 g/mol. The lowest BCUT2D eigenvalue weighted by atomic mass is 10.0. The molecule has 3 aromatic rings. The van der Waals surface area contributed by atoms with Gasteiger partial charge in [-0.2, -0.15) is 0 Å².